The Balaban J connectivity index is 1.87. The molecule has 2 aromatic carbocycles. The first kappa shape index (κ1) is 21.9. The van der Waals surface area contributed by atoms with Crippen LogP contribution in [0.5, 0.6) is 5.75 Å². The highest BCUT2D eigenvalue weighted by Crippen LogP contribution is 2.21. The summed E-state index contributed by atoms with van der Waals surface area (Å²) in [6.45, 7) is 2.22. The monoisotopic (exact) mass is 408 g/mol. The summed E-state index contributed by atoms with van der Waals surface area (Å²) in [4.78, 5) is 28.0. The van der Waals surface area contributed by atoms with Crippen molar-refractivity contribution >= 4 is 11.8 Å². The van der Waals surface area contributed by atoms with Crippen molar-refractivity contribution in [2.45, 2.75) is 64.1 Å². The number of carbonyl (C=O) groups excluding carboxylic acids is 2. The predicted molar refractivity (Wildman–Crippen MR) is 118 cm³/mol. The Morgan fingerprint density at radius 2 is 1.77 bits per heavy atom. The minimum Gasteiger partial charge on any atom is -0.497 e. The number of ether oxygens (including phenoxy) is 1. The molecule has 30 heavy (non-hydrogen) atoms. The van der Waals surface area contributed by atoms with Gasteiger partial charge in [0, 0.05) is 25.4 Å². The Kier molecular flexibility index (Phi) is 7.89. The zero-order chi connectivity index (χ0) is 21.3. The summed E-state index contributed by atoms with van der Waals surface area (Å²) in [6.07, 6.45) is 5.18. The van der Waals surface area contributed by atoms with Crippen molar-refractivity contribution in [2.24, 2.45) is 0 Å². The molecule has 0 unspecified atom stereocenters. The minimum absolute atomic E-state index is 0.0275. The number of carbonyl (C=O) groups is 2. The number of rotatable bonds is 9. The molecule has 2 aromatic rings. The van der Waals surface area contributed by atoms with Gasteiger partial charge in [-0.15, -0.1) is 0 Å². The summed E-state index contributed by atoms with van der Waals surface area (Å²) in [5, 5.41) is 3.21. The predicted octanol–water partition coefficient (Wildman–Crippen LogP) is 4.10. The van der Waals surface area contributed by atoms with Gasteiger partial charge in [0.1, 0.15) is 11.8 Å². The van der Waals surface area contributed by atoms with Crippen LogP contribution in [0.25, 0.3) is 0 Å². The van der Waals surface area contributed by atoms with Crippen LogP contribution in [0, 0.1) is 0 Å². The SMILES string of the molecule is CCC(=O)N(Cc1cccc(OC)c1)[C@H](Cc1ccccc1)C(=O)NC1CCCC1. The number of nitrogens with zero attached hydrogens (tertiary/aromatic N) is 1. The van der Waals surface area contributed by atoms with Crippen LogP contribution in [0.3, 0.4) is 0 Å². The summed E-state index contributed by atoms with van der Waals surface area (Å²) in [7, 11) is 1.63. The molecule has 0 spiro atoms. The molecule has 0 bridgehead atoms. The Morgan fingerprint density at radius 1 is 1.07 bits per heavy atom. The number of amides is 2. The Bertz CT molecular complexity index is 831. The van der Waals surface area contributed by atoms with Crippen molar-refractivity contribution in [1.82, 2.24) is 10.2 Å². The average molecular weight is 409 g/mol. The fourth-order valence-corrected chi connectivity index (χ4v) is 4.09. The molecule has 5 nitrogen and oxygen atoms in total. The van der Waals surface area contributed by atoms with E-state index in [-0.39, 0.29) is 17.9 Å². The second-order valence-corrected chi connectivity index (χ2v) is 7.92. The minimum atomic E-state index is -0.549. The molecule has 1 saturated carbocycles. The fourth-order valence-electron chi connectivity index (χ4n) is 4.09. The van der Waals surface area contributed by atoms with Gasteiger partial charge >= 0.3 is 0 Å². The summed E-state index contributed by atoms with van der Waals surface area (Å²) in [6, 6.07) is 17.3. The first-order valence-electron chi connectivity index (χ1n) is 10.9. The van der Waals surface area contributed by atoms with Gasteiger partial charge in [0.2, 0.25) is 11.8 Å². The van der Waals surface area contributed by atoms with Gasteiger partial charge in [-0.05, 0) is 36.1 Å². The molecule has 1 atom stereocenters. The van der Waals surface area contributed by atoms with Gasteiger partial charge in [0.25, 0.3) is 0 Å². The van der Waals surface area contributed by atoms with Crippen LogP contribution in [0.15, 0.2) is 54.6 Å². The molecule has 1 aliphatic carbocycles. The van der Waals surface area contributed by atoms with E-state index in [9.17, 15) is 9.59 Å². The largest absolute Gasteiger partial charge is 0.497 e. The maximum Gasteiger partial charge on any atom is 0.243 e. The highest BCUT2D eigenvalue weighted by molar-refractivity contribution is 5.88. The number of benzene rings is 2. The van der Waals surface area contributed by atoms with E-state index in [1.165, 1.54) is 0 Å². The van der Waals surface area contributed by atoms with Crippen LogP contribution >= 0.6 is 0 Å². The van der Waals surface area contributed by atoms with Crippen molar-refractivity contribution in [2.75, 3.05) is 7.11 Å². The van der Waals surface area contributed by atoms with E-state index in [4.69, 9.17) is 4.74 Å². The second kappa shape index (κ2) is 10.8. The van der Waals surface area contributed by atoms with Crippen LogP contribution in [0.4, 0.5) is 0 Å². The lowest BCUT2D eigenvalue weighted by Gasteiger charge is -2.32. The molecule has 0 aromatic heterocycles. The summed E-state index contributed by atoms with van der Waals surface area (Å²) < 4.78 is 5.33. The van der Waals surface area contributed by atoms with Gasteiger partial charge in [-0.25, -0.2) is 0 Å². The van der Waals surface area contributed by atoms with E-state index >= 15 is 0 Å². The van der Waals surface area contributed by atoms with Crippen LogP contribution in [0.2, 0.25) is 0 Å². The van der Waals surface area contributed by atoms with Crippen molar-refractivity contribution < 1.29 is 14.3 Å². The highest BCUT2D eigenvalue weighted by Gasteiger charge is 2.31. The van der Waals surface area contributed by atoms with Gasteiger partial charge in [0.15, 0.2) is 0 Å². The molecule has 5 heteroatoms. The maximum atomic E-state index is 13.3. The molecule has 0 saturated heterocycles. The van der Waals surface area contributed by atoms with E-state index in [2.05, 4.69) is 5.32 Å². The van der Waals surface area contributed by atoms with Gasteiger partial charge in [-0.2, -0.15) is 0 Å². The molecule has 3 rings (SSSR count). The number of hydrogen-bond acceptors (Lipinski definition) is 3. The number of methoxy groups -OCH3 is 1. The second-order valence-electron chi connectivity index (χ2n) is 7.92. The lowest BCUT2D eigenvalue weighted by molar-refractivity contribution is -0.141. The third-order valence-corrected chi connectivity index (χ3v) is 5.76. The number of nitrogens with one attached hydrogen (secondary N) is 1. The third kappa shape index (κ3) is 5.85. The van der Waals surface area contributed by atoms with E-state index in [1.54, 1.807) is 12.0 Å². The molecule has 1 fully saturated rings. The molecule has 1 N–H and O–H groups in total. The van der Waals surface area contributed by atoms with Crippen molar-refractivity contribution in [3.05, 3.63) is 65.7 Å². The Hall–Kier alpha value is -2.82. The molecule has 0 aliphatic heterocycles. The van der Waals surface area contributed by atoms with Crippen molar-refractivity contribution in [3.8, 4) is 5.75 Å². The first-order chi connectivity index (χ1) is 14.6. The van der Waals surface area contributed by atoms with Gasteiger partial charge < -0.3 is 15.0 Å². The fraction of sp³-hybridized carbons (Fsp3) is 0.440. The molecule has 1 aliphatic rings. The lowest BCUT2D eigenvalue weighted by atomic mass is 10.0. The average Bonchev–Trinajstić information content (AvgIpc) is 3.29. The van der Waals surface area contributed by atoms with Gasteiger partial charge in [-0.3, -0.25) is 9.59 Å². The molecule has 2 amide bonds. The summed E-state index contributed by atoms with van der Waals surface area (Å²) in [5.74, 6) is 0.655. The van der Waals surface area contributed by atoms with Crippen LogP contribution in [-0.4, -0.2) is 35.9 Å². The van der Waals surface area contributed by atoms with Gasteiger partial charge in [0.05, 0.1) is 7.11 Å². The molecule has 0 radical (unpaired) electrons. The van der Waals surface area contributed by atoms with Crippen LogP contribution < -0.4 is 10.1 Å². The smallest absolute Gasteiger partial charge is 0.243 e. The zero-order valence-corrected chi connectivity index (χ0v) is 18.0. The number of hydrogen-bond donors (Lipinski definition) is 1. The zero-order valence-electron chi connectivity index (χ0n) is 18.0. The molecule has 0 heterocycles. The van der Waals surface area contributed by atoms with E-state index in [0.717, 1.165) is 42.6 Å². The Morgan fingerprint density at radius 3 is 2.43 bits per heavy atom. The quantitative estimate of drug-likeness (QED) is 0.679. The lowest BCUT2D eigenvalue weighted by Crippen LogP contribution is -2.52. The first-order valence-corrected chi connectivity index (χ1v) is 10.9. The topological polar surface area (TPSA) is 58.6 Å². The van der Waals surface area contributed by atoms with E-state index < -0.39 is 6.04 Å². The molecule has 160 valence electrons. The maximum absolute atomic E-state index is 13.3. The van der Waals surface area contributed by atoms with Crippen molar-refractivity contribution in [1.29, 1.82) is 0 Å². The van der Waals surface area contributed by atoms with E-state index in [1.807, 2.05) is 61.5 Å². The van der Waals surface area contributed by atoms with Crippen LogP contribution in [0.1, 0.15) is 50.2 Å². The molecular formula is C25H32N2O3. The summed E-state index contributed by atoms with van der Waals surface area (Å²) in [5.41, 5.74) is 1.99. The third-order valence-electron chi connectivity index (χ3n) is 5.76. The van der Waals surface area contributed by atoms with E-state index in [0.29, 0.717) is 19.4 Å². The Labute approximate surface area is 179 Å². The normalized spacial score (nSPS) is 14.9. The summed E-state index contributed by atoms with van der Waals surface area (Å²) >= 11 is 0. The molecular weight excluding hydrogens is 376 g/mol. The van der Waals surface area contributed by atoms with Crippen molar-refractivity contribution in [3.63, 3.8) is 0 Å². The van der Waals surface area contributed by atoms with Gasteiger partial charge in [-0.1, -0.05) is 62.2 Å². The standard InChI is InChI=1S/C25H32N2O3/c1-3-24(28)27(18-20-12-9-15-22(16-20)30-2)23(17-19-10-5-4-6-11-19)25(29)26-21-13-7-8-14-21/h4-6,9-12,15-16,21,23H,3,7-8,13-14,17-18H2,1-2H3,(H,26,29)/t23-/m1/s1. The van der Waals surface area contributed by atoms with Crippen LogP contribution in [-0.2, 0) is 22.6 Å². The highest BCUT2D eigenvalue weighted by atomic mass is 16.5.